The van der Waals surface area contributed by atoms with Gasteiger partial charge in [0.25, 0.3) is 5.91 Å². The van der Waals surface area contributed by atoms with Crippen molar-refractivity contribution in [1.82, 2.24) is 4.90 Å². The summed E-state index contributed by atoms with van der Waals surface area (Å²) >= 11 is 0.360. The topological polar surface area (TPSA) is 66.8 Å². The van der Waals surface area contributed by atoms with Gasteiger partial charge in [0, 0.05) is 12.1 Å². The Balaban J connectivity index is 1.98. The van der Waals surface area contributed by atoms with E-state index in [2.05, 4.69) is 0 Å². The van der Waals surface area contributed by atoms with Crippen LogP contribution >= 0.6 is 23.1 Å². The minimum absolute atomic E-state index is 0.0405. The summed E-state index contributed by atoms with van der Waals surface area (Å²) in [6.07, 6.45) is 0.783. The smallest absolute Gasteiger partial charge is 0.447 e. The number of fused-ring (bicyclic) bond motifs is 1. The molecule has 0 aromatic carbocycles. The zero-order valence-corrected chi connectivity index (χ0v) is 16.8. The molecule has 2 heterocycles. The molecule has 0 spiro atoms. The zero-order chi connectivity index (χ0) is 21.5. The highest BCUT2D eigenvalue weighted by molar-refractivity contribution is 8.02. The monoisotopic (exact) mass is 449 g/mol. The lowest BCUT2D eigenvalue weighted by Crippen LogP contribution is -2.36. The maximum Gasteiger partial charge on any atom is 0.447 e. The number of carbonyl (C=O) groups excluding carboxylic acids is 1. The van der Waals surface area contributed by atoms with E-state index in [0.29, 0.717) is 28.2 Å². The number of nitrogens with zero attached hydrogens (tertiary/aromatic N) is 1. The third-order valence-electron chi connectivity index (χ3n) is 4.52. The molecule has 29 heavy (non-hydrogen) atoms. The molecule has 1 N–H and O–H groups in total. The van der Waals surface area contributed by atoms with Crippen molar-refractivity contribution >= 4 is 35.0 Å². The Kier molecular flexibility index (Phi) is 5.81. The summed E-state index contributed by atoms with van der Waals surface area (Å²) < 4.78 is 56.9. The fourth-order valence-electron chi connectivity index (χ4n) is 3.37. The number of allylic oxidation sites excluding steroid dienone is 2. The summed E-state index contributed by atoms with van der Waals surface area (Å²) in [5.41, 5.74) is -3.33. The fourth-order valence-corrected chi connectivity index (χ4v) is 5.13. The van der Waals surface area contributed by atoms with Crippen LogP contribution in [0.2, 0.25) is 0 Å². The first-order valence-electron chi connectivity index (χ1n) is 8.27. The highest BCUT2D eigenvalue weighted by Gasteiger charge is 2.42. The number of carbonyl (C=O) groups is 2. The number of carboxylic acid groups (broad SMARTS) is 1. The van der Waals surface area contributed by atoms with Crippen molar-refractivity contribution < 1.29 is 37.0 Å². The van der Waals surface area contributed by atoms with Crippen LogP contribution in [0.5, 0.6) is 0 Å². The SMILES string of the molecule is COC1=C(F)CC2C(=C1)C(CC(=O)O)=C(C)N2C(=O)c1ccc(SC(F)(F)F)s1. The highest BCUT2D eigenvalue weighted by Crippen LogP contribution is 2.45. The lowest BCUT2D eigenvalue weighted by Gasteiger charge is -2.28. The van der Waals surface area contributed by atoms with E-state index in [1.165, 1.54) is 30.2 Å². The predicted molar refractivity (Wildman–Crippen MR) is 99.0 cm³/mol. The molecule has 0 saturated carbocycles. The molecule has 0 fully saturated rings. The number of ether oxygens (including phenoxy) is 1. The van der Waals surface area contributed by atoms with E-state index in [0.717, 1.165) is 0 Å². The summed E-state index contributed by atoms with van der Waals surface area (Å²) in [6, 6.07) is 1.70. The molecule has 0 saturated heterocycles. The molecule has 1 aromatic rings. The Morgan fingerprint density at radius 1 is 1.38 bits per heavy atom. The molecule has 11 heteroatoms. The van der Waals surface area contributed by atoms with Crippen molar-refractivity contribution in [3.05, 3.63) is 51.5 Å². The lowest BCUT2D eigenvalue weighted by atomic mass is 9.92. The molecule has 156 valence electrons. The van der Waals surface area contributed by atoms with E-state index in [1.807, 2.05) is 0 Å². The van der Waals surface area contributed by atoms with E-state index in [9.17, 15) is 32.3 Å². The standard InChI is InChI=1S/C18H15F4NO4S2/c1-8-9(6-15(24)25)10-5-13(27-2)11(19)7-12(10)23(8)17(26)14-3-4-16(28-14)29-18(20,21)22/h3-5,12H,6-7H2,1-2H3,(H,24,25). The van der Waals surface area contributed by atoms with Gasteiger partial charge in [-0.1, -0.05) is 0 Å². The van der Waals surface area contributed by atoms with Gasteiger partial charge in [-0.15, -0.1) is 11.3 Å². The Bertz CT molecular complexity index is 961. The molecular weight excluding hydrogens is 434 g/mol. The van der Waals surface area contributed by atoms with Crippen LogP contribution < -0.4 is 0 Å². The Labute approximate surface area is 171 Å². The number of alkyl halides is 3. The molecule has 1 aromatic heterocycles. The van der Waals surface area contributed by atoms with Crippen LogP contribution in [0.25, 0.3) is 0 Å². The highest BCUT2D eigenvalue weighted by atomic mass is 32.2. The first-order valence-corrected chi connectivity index (χ1v) is 9.90. The van der Waals surface area contributed by atoms with E-state index < -0.39 is 29.3 Å². The van der Waals surface area contributed by atoms with E-state index in [1.54, 1.807) is 6.92 Å². The number of thiophene rings is 1. The zero-order valence-electron chi connectivity index (χ0n) is 15.2. The minimum Gasteiger partial charge on any atom is -0.494 e. The average Bonchev–Trinajstić information content (AvgIpc) is 3.15. The molecule has 5 nitrogen and oxygen atoms in total. The summed E-state index contributed by atoms with van der Waals surface area (Å²) in [5.74, 6) is -2.36. The molecular formula is C18H15F4NO4S2. The van der Waals surface area contributed by atoms with Gasteiger partial charge in [0.05, 0.1) is 28.7 Å². The molecule has 1 aliphatic heterocycles. The summed E-state index contributed by atoms with van der Waals surface area (Å²) in [5, 5.41) is 9.22. The van der Waals surface area contributed by atoms with Gasteiger partial charge in [-0.3, -0.25) is 9.59 Å². The maximum absolute atomic E-state index is 14.3. The van der Waals surface area contributed by atoms with Crippen LogP contribution in [-0.2, 0) is 9.53 Å². The first kappa shape index (κ1) is 21.4. The predicted octanol–water partition coefficient (Wildman–Crippen LogP) is 5.09. The Morgan fingerprint density at radius 2 is 2.07 bits per heavy atom. The number of rotatable bonds is 5. The van der Waals surface area contributed by atoms with Crippen LogP contribution in [0, 0.1) is 0 Å². The number of carboxylic acids is 1. The molecule has 2 aliphatic rings. The van der Waals surface area contributed by atoms with Crippen molar-refractivity contribution in [3.8, 4) is 0 Å². The van der Waals surface area contributed by atoms with E-state index in [4.69, 9.17) is 4.74 Å². The van der Waals surface area contributed by atoms with Gasteiger partial charge >= 0.3 is 11.5 Å². The number of hydrogen-bond donors (Lipinski definition) is 1. The Hall–Kier alpha value is -2.27. The van der Waals surface area contributed by atoms with Gasteiger partial charge in [0.1, 0.15) is 5.83 Å². The van der Waals surface area contributed by atoms with Crippen LogP contribution in [0.15, 0.2) is 50.8 Å². The largest absolute Gasteiger partial charge is 0.494 e. The van der Waals surface area contributed by atoms with Gasteiger partial charge in [-0.25, -0.2) is 4.39 Å². The number of halogens is 4. The van der Waals surface area contributed by atoms with Gasteiger partial charge in [0.2, 0.25) is 0 Å². The van der Waals surface area contributed by atoms with Crippen molar-refractivity contribution in [2.24, 2.45) is 0 Å². The summed E-state index contributed by atoms with van der Waals surface area (Å²) in [4.78, 5) is 25.6. The number of hydrogen-bond acceptors (Lipinski definition) is 5. The second-order valence-corrected chi connectivity index (χ2v) is 8.72. The van der Waals surface area contributed by atoms with Gasteiger partial charge in [-0.2, -0.15) is 13.2 Å². The quantitative estimate of drug-likeness (QED) is 0.501. The normalized spacial score (nSPS) is 19.4. The average molecular weight is 449 g/mol. The molecule has 1 atom stereocenters. The summed E-state index contributed by atoms with van der Waals surface area (Å²) in [6.45, 7) is 1.54. The molecule has 1 unspecified atom stereocenters. The van der Waals surface area contributed by atoms with Crippen molar-refractivity contribution in [2.75, 3.05) is 7.11 Å². The third-order valence-corrected chi connectivity index (χ3v) is 6.46. The van der Waals surface area contributed by atoms with E-state index in [-0.39, 0.29) is 39.4 Å². The van der Waals surface area contributed by atoms with Crippen LogP contribution in [0.3, 0.4) is 0 Å². The van der Waals surface area contributed by atoms with Crippen LogP contribution in [-0.4, -0.2) is 40.5 Å². The first-order chi connectivity index (χ1) is 13.5. The molecule has 1 aliphatic carbocycles. The minimum atomic E-state index is -4.48. The maximum atomic E-state index is 14.3. The number of amides is 1. The molecule has 1 amide bonds. The molecule has 3 rings (SSSR count). The second-order valence-electron chi connectivity index (χ2n) is 6.27. The van der Waals surface area contributed by atoms with Gasteiger partial charge in [0.15, 0.2) is 5.76 Å². The van der Waals surface area contributed by atoms with E-state index >= 15 is 0 Å². The number of aliphatic carboxylic acids is 1. The second kappa shape index (κ2) is 7.86. The Morgan fingerprint density at radius 3 is 2.66 bits per heavy atom. The van der Waals surface area contributed by atoms with Crippen LogP contribution in [0.1, 0.15) is 29.4 Å². The van der Waals surface area contributed by atoms with Crippen LogP contribution in [0.4, 0.5) is 17.6 Å². The molecule has 0 bridgehead atoms. The summed E-state index contributed by atoms with van der Waals surface area (Å²) in [7, 11) is 1.28. The fraction of sp³-hybridized carbons (Fsp3) is 0.333. The van der Waals surface area contributed by atoms with Crippen molar-refractivity contribution in [3.63, 3.8) is 0 Å². The third kappa shape index (κ3) is 4.35. The van der Waals surface area contributed by atoms with Crippen molar-refractivity contribution in [1.29, 1.82) is 0 Å². The number of methoxy groups -OCH3 is 1. The van der Waals surface area contributed by atoms with Gasteiger partial charge in [-0.05, 0) is 48.0 Å². The van der Waals surface area contributed by atoms with Crippen molar-refractivity contribution in [2.45, 2.75) is 35.5 Å². The van der Waals surface area contributed by atoms with Gasteiger partial charge < -0.3 is 14.7 Å². The number of thioether (sulfide) groups is 1. The molecule has 0 radical (unpaired) electrons. The lowest BCUT2D eigenvalue weighted by molar-refractivity contribution is -0.136.